The standard InChI is InChI=1S/C13H23N3OS/c1-6-14-10-9-11(16-12(15-10)18-5)17-8-7-13(2,3)4/h9H,6-8H2,1-5H3,(H,14,15,16). The number of anilines is 1. The van der Waals surface area contributed by atoms with Crippen LogP contribution in [0.1, 0.15) is 34.1 Å². The van der Waals surface area contributed by atoms with Gasteiger partial charge in [0, 0.05) is 12.6 Å². The molecule has 102 valence electrons. The van der Waals surface area contributed by atoms with Gasteiger partial charge in [-0.15, -0.1) is 0 Å². The van der Waals surface area contributed by atoms with Gasteiger partial charge in [-0.05, 0) is 25.0 Å². The topological polar surface area (TPSA) is 47.0 Å². The molecule has 0 fully saturated rings. The van der Waals surface area contributed by atoms with Gasteiger partial charge in [-0.25, -0.2) is 4.98 Å². The first-order valence-corrected chi connectivity index (χ1v) is 7.47. The summed E-state index contributed by atoms with van der Waals surface area (Å²) < 4.78 is 5.71. The normalized spacial score (nSPS) is 11.4. The lowest BCUT2D eigenvalue weighted by Crippen LogP contribution is -2.12. The minimum absolute atomic E-state index is 0.278. The molecule has 0 saturated carbocycles. The fourth-order valence-corrected chi connectivity index (χ4v) is 1.67. The van der Waals surface area contributed by atoms with E-state index in [1.54, 1.807) is 0 Å². The van der Waals surface area contributed by atoms with E-state index in [-0.39, 0.29) is 5.41 Å². The fraction of sp³-hybridized carbons (Fsp3) is 0.692. The maximum absolute atomic E-state index is 5.71. The molecule has 0 atom stereocenters. The van der Waals surface area contributed by atoms with Crippen molar-refractivity contribution in [1.82, 2.24) is 9.97 Å². The van der Waals surface area contributed by atoms with Crippen LogP contribution in [0.25, 0.3) is 0 Å². The van der Waals surface area contributed by atoms with E-state index in [4.69, 9.17) is 4.74 Å². The zero-order valence-corrected chi connectivity index (χ0v) is 12.7. The molecule has 4 nitrogen and oxygen atoms in total. The highest BCUT2D eigenvalue weighted by Crippen LogP contribution is 2.21. The minimum Gasteiger partial charge on any atom is -0.477 e. The highest BCUT2D eigenvalue weighted by molar-refractivity contribution is 7.98. The third kappa shape index (κ3) is 5.58. The molecule has 0 aliphatic heterocycles. The van der Waals surface area contributed by atoms with Crippen LogP contribution >= 0.6 is 11.8 Å². The lowest BCUT2D eigenvalue weighted by atomic mass is 9.93. The van der Waals surface area contributed by atoms with Gasteiger partial charge in [-0.2, -0.15) is 4.98 Å². The molecule has 1 aromatic rings. The van der Waals surface area contributed by atoms with Crippen LogP contribution in [-0.2, 0) is 0 Å². The van der Waals surface area contributed by atoms with E-state index >= 15 is 0 Å². The first-order valence-electron chi connectivity index (χ1n) is 6.24. The Morgan fingerprint density at radius 1 is 1.33 bits per heavy atom. The van der Waals surface area contributed by atoms with Gasteiger partial charge >= 0.3 is 0 Å². The summed E-state index contributed by atoms with van der Waals surface area (Å²) >= 11 is 1.52. The molecule has 0 bridgehead atoms. The molecular formula is C13H23N3OS. The van der Waals surface area contributed by atoms with Crippen molar-refractivity contribution in [3.63, 3.8) is 0 Å². The van der Waals surface area contributed by atoms with Crippen LogP contribution in [0.5, 0.6) is 5.88 Å². The number of hydrogen-bond acceptors (Lipinski definition) is 5. The van der Waals surface area contributed by atoms with Crippen molar-refractivity contribution >= 4 is 17.6 Å². The molecule has 1 N–H and O–H groups in total. The van der Waals surface area contributed by atoms with Crippen LogP contribution in [0.3, 0.4) is 0 Å². The smallest absolute Gasteiger partial charge is 0.219 e. The largest absolute Gasteiger partial charge is 0.477 e. The van der Waals surface area contributed by atoms with E-state index in [9.17, 15) is 0 Å². The van der Waals surface area contributed by atoms with E-state index in [1.807, 2.05) is 19.2 Å². The second kappa shape index (κ2) is 6.83. The van der Waals surface area contributed by atoms with Gasteiger partial charge in [0.1, 0.15) is 5.82 Å². The molecule has 1 aromatic heterocycles. The molecule has 5 heteroatoms. The minimum atomic E-state index is 0.278. The molecule has 0 unspecified atom stereocenters. The molecule has 1 rings (SSSR count). The molecule has 0 aliphatic rings. The maximum atomic E-state index is 5.71. The molecule has 18 heavy (non-hydrogen) atoms. The van der Waals surface area contributed by atoms with Gasteiger partial charge in [-0.1, -0.05) is 32.5 Å². The molecule has 0 radical (unpaired) electrons. The van der Waals surface area contributed by atoms with E-state index in [2.05, 4.69) is 36.1 Å². The van der Waals surface area contributed by atoms with Gasteiger partial charge in [0.15, 0.2) is 5.16 Å². The molecule has 0 aliphatic carbocycles. The molecule has 0 amide bonds. The number of nitrogens with zero attached hydrogens (tertiary/aromatic N) is 2. The van der Waals surface area contributed by atoms with Gasteiger partial charge in [0.05, 0.1) is 6.61 Å². The second-order valence-corrected chi connectivity index (χ2v) is 6.04. The van der Waals surface area contributed by atoms with E-state index in [0.29, 0.717) is 12.5 Å². The number of aromatic nitrogens is 2. The first kappa shape index (κ1) is 15.1. The SMILES string of the molecule is CCNc1cc(OCCC(C)(C)C)nc(SC)n1. The quantitative estimate of drug-likeness (QED) is 0.633. The predicted octanol–water partition coefficient (Wildman–Crippen LogP) is 3.45. The van der Waals surface area contributed by atoms with Crippen LogP contribution in [0.4, 0.5) is 5.82 Å². The number of thioether (sulfide) groups is 1. The summed E-state index contributed by atoms with van der Waals surface area (Å²) in [6.07, 6.45) is 2.96. The number of hydrogen-bond donors (Lipinski definition) is 1. The summed E-state index contributed by atoms with van der Waals surface area (Å²) in [6.45, 7) is 10.2. The molecule has 0 spiro atoms. The average Bonchev–Trinajstić information content (AvgIpc) is 2.27. The third-order valence-corrected chi connectivity index (χ3v) is 2.87. The van der Waals surface area contributed by atoms with Gasteiger partial charge < -0.3 is 10.1 Å². The zero-order chi connectivity index (χ0) is 13.6. The van der Waals surface area contributed by atoms with Crippen LogP contribution < -0.4 is 10.1 Å². The van der Waals surface area contributed by atoms with E-state index in [1.165, 1.54) is 11.8 Å². The summed E-state index contributed by atoms with van der Waals surface area (Å²) in [7, 11) is 0. The van der Waals surface area contributed by atoms with Crippen molar-refractivity contribution in [2.75, 3.05) is 24.7 Å². The lowest BCUT2D eigenvalue weighted by molar-refractivity contribution is 0.235. The number of rotatable bonds is 6. The van der Waals surface area contributed by atoms with Crippen molar-refractivity contribution in [3.8, 4) is 5.88 Å². The second-order valence-electron chi connectivity index (χ2n) is 5.27. The Morgan fingerprint density at radius 3 is 2.61 bits per heavy atom. The van der Waals surface area contributed by atoms with Crippen LogP contribution in [0, 0.1) is 5.41 Å². The Hall–Kier alpha value is -0.970. The van der Waals surface area contributed by atoms with Gasteiger partial charge in [0.2, 0.25) is 5.88 Å². The van der Waals surface area contributed by atoms with Crippen molar-refractivity contribution in [2.24, 2.45) is 5.41 Å². The summed E-state index contributed by atoms with van der Waals surface area (Å²) in [4.78, 5) is 8.70. The molecule has 0 aromatic carbocycles. The number of nitrogens with one attached hydrogen (secondary N) is 1. The average molecular weight is 269 g/mol. The lowest BCUT2D eigenvalue weighted by Gasteiger charge is -2.18. The molecular weight excluding hydrogens is 246 g/mol. The zero-order valence-electron chi connectivity index (χ0n) is 11.9. The first-order chi connectivity index (χ1) is 8.44. The summed E-state index contributed by atoms with van der Waals surface area (Å²) in [5.41, 5.74) is 0.278. The Balaban J connectivity index is 2.66. The Labute approximate surface area is 114 Å². The fourth-order valence-electron chi connectivity index (χ4n) is 1.30. The predicted molar refractivity (Wildman–Crippen MR) is 77.5 cm³/mol. The van der Waals surface area contributed by atoms with Crippen LogP contribution in [0.15, 0.2) is 11.2 Å². The molecule has 0 saturated heterocycles. The summed E-state index contributed by atoms with van der Waals surface area (Å²) in [6, 6.07) is 1.85. The highest BCUT2D eigenvalue weighted by Gasteiger charge is 2.11. The highest BCUT2D eigenvalue weighted by atomic mass is 32.2. The summed E-state index contributed by atoms with van der Waals surface area (Å²) in [5.74, 6) is 1.47. The van der Waals surface area contributed by atoms with Gasteiger partial charge in [0.25, 0.3) is 0 Å². The Kier molecular flexibility index (Phi) is 5.72. The van der Waals surface area contributed by atoms with Crippen LogP contribution in [-0.4, -0.2) is 29.4 Å². The third-order valence-electron chi connectivity index (χ3n) is 2.32. The number of ether oxygens (including phenoxy) is 1. The van der Waals surface area contributed by atoms with Crippen molar-refractivity contribution in [2.45, 2.75) is 39.3 Å². The molecule has 1 heterocycles. The maximum Gasteiger partial charge on any atom is 0.219 e. The Morgan fingerprint density at radius 2 is 2.06 bits per heavy atom. The van der Waals surface area contributed by atoms with Crippen molar-refractivity contribution in [1.29, 1.82) is 0 Å². The summed E-state index contributed by atoms with van der Waals surface area (Å²) in [5, 5.41) is 3.92. The van der Waals surface area contributed by atoms with Crippen LogP contribution in [0.2, 0.25) is 0 Å². The Bertz CT molecular complexity index is 377. The van der Waals surface area contributed by atoms with Gasteiger partial charge in [-0.3, -0.25) is 0 Å². The van der Waals surface area contributed by atoms with E-state index in [0.717, 1.165) is 23.9 Å². The monoisotopic (exact) mass is 269 g/mol. The van der Waals surface area contributed by atoms with Crippen molar-refractivity contribution < 1.29 is 4.74 Å². The van der Waals surface area contributed by atoms with E-state index < -0.39 is 0 Å². The van der Waals surface area contributed by atoms with Crippen molar-refractivity contribution in [3.05, 3.63) is 6.07 Å².